The van der Waals surface area contributed by atoms with E-state index in [0.29, 0.717) is 38.0 Å². The van der Waals surface area contributed by atoms with Gasteiger partial charge in [0, 0.05) is 49.0 Å². The standard InChI is InChI=1S/C30H44N8O4/c1-3-36-22(15-19-9-10-20(28(32)33)16-25(19)36)12-11-21-7-5-14-38(21)27(40)18-35-13-6-8-24(30(35)42)37(4-2)26(39)17-23(31)29(34)41/h9-10,15-16,21,23-24H,3-8,11-14,17-18,31H2,1-2H3,(H3,32,33)(H2,34,41)/t21-,23-,24-/m0/s1. The number of amidine groups is 1. The third-order valence-corrected chi connectivity index (χ3v) is 8.67. The van der Waals surface area contributed by atoms with Crippen LogP contribution in [0.25, 0.3) is 10.9 Å². The summed E-state index contributed by atoms with van der Waals surface area (Å²) >= 11 is 0. The third kappa shape index (κ3) is 6.59. The van der Waals surface area contributed by atoms with Gasteiger partial charge in [-0.05, 0) is 69.9 Å². The molecule has 0 unspecified atom stereocenters. The molecule has 12 nitrogen and oxygen atoms in total. The number of carbonyl (C=O) groups is 4. The van der Waals surface area contributed by atoms with Crippen LogP contribution in [0.2, 0.25) is 0 Å². The molecule has 12 heteroatoms. The Hall–Kier alpha value is -3.93. The van der Waals surface area contributed by atoms with Gasteiger partial charge in [0.2, 0.25) is 23.6 Å². The van der Waals surface area contributed by atoms with Crippen LogP contribution in [0.15, 0.2) is 24.3 Å². The summed E-state index contributed by atoms with van der Waals surface area (Å²) in [5.74, 6) is -1.43. The van der Waals surface area contributed by atoms with Crippen molar-refractivity contribution in [3.8, 4) is 0 Å². The van der Waals surface area contributed by atoms with E-state index in [2.05, 4.69) is 17.6 Å². The van der Waals surface area contributed by atoms with Gasteiger partial charge in [-0.3, -0.25) is 24.6 Å². The number of fused-ring (bicyclic) bond motifs is 1. The quantitative estimate of drug-likeness (QED) is 0.213. The van der Waals surface area contributed by atoms with Crippen molar-refractivity contribution in [1.29, 1.82) is 5.41 Å². The molecule has 0 radical (unpaired) electrons. The molecule has 228 valence electrons. The minimum Gasteiger partial charge on any atom is -0.384 e. The maximum absolute atomic E-state index is 13.5. The number of nitrogens with one attached hydrogen (secondary N) is 1. The van der Waals surface area contributed by atoms with Crippen molar-refractivity contribution in [1.82, 2.24) is 19.3 Å². The van der Waals surface area contributed by atoms with E-state index in [1.54, 1.807) is 11.8 Å². The van der Waals surface area contributed by atoms with Gasteiger partial charge in [0.05, 0.1) is 19.0 Å². The van der Waals surface area contributed by atoms with Gasteiger partial charge in [0.25, 0.3) is 0 Å². The Kier molecular flexibility index (Phi) is 9.87. The van der Waals surface area contributed by atoms with Crippen molar-refractivity contribution in [2.75, 3.05) is 26.2 Å². The van der Waals surface area contributed by atoms with Gasteiger partial charge >= 0.3 is 0 Å². The fourth-order valence-corrected chi connectivity index (χ4v) is 6.44. The molecule has 1 aromatic carbocycles. The number of benzene rings is 1. The monoisotopic (exact) mass is 580 g/mol. The molecule has 0 spiro atoms. The summed E-state index contributed by atoms with van der Waals surface area (Å²) in [5, 5.41) is 8.88. The average Bonchev–Trinajstić information content (AvgIpc) is 3.57. The summed E-state index contributed by atoms with van der Waals surface area (Å²) in [6.45, 7) is 6.07. The minimum atomic E-state index is -1.10. The Labute approximate surface area is 246 Å². The normalized spacial score (nSPS) is 19.7. The first-order valence-electron chi connectivity index (χ1n) is 14.9. The van der Waals surface area contributed by atoms with Gasteiger partial charge in [-0.1, -0.05) is 12.1 Å². The predicted molar refractivity (Wildman–Crippen MR) is 160 cm³/mol. The predicted octanol–water partition coefficient (Wildman–Crippen LogP) is 0.911. The third-order valence-electron chi connectivity index (χ3n) is 8.67. The Morgan fingerprint density at radius 2 is 1.83 bits per heavy atom. The zero-order valence-electron chi connectivity index (χ0n) is 24.7. The molecule has 2 saturated heterocycles. The first-order chi connectivity index (χ1) is 20.0. The van der Waals surface area contributed by atoms with Crippen molar-refractivity contribution in [2.24, 2.45) is 17.2 Å². The largest absolute Gasteiger partial charge is 0.384 e. The molecule has 3 atom stereocenters. The molecule has 2 aliphatic heterocycles. The molecule has 0 aliphatic carbocycles. The number of hydrogen-bond acceptors (Lipinski definition) is 6. The molecule has 2 fully saturated rings. The SMILES string of the molecule is CCN(C(=O)C[C@H](N)C(N)=O)[C@H]1CCCN(CC(=O)N2CCC[C@H]2CCc2cc3ccc(C(=N)N)cc3n2CC)C1=O. The Balaban J connectivity index is 1.39. The lowest BCUT2D eigenvalue weighted by atomic mass is 10.0. The van der Waals surface area contributed by atoms with Crippen LogP contribution in [0, 0.1) is 5.41 Å². The van der Waals surface area contributed by atoms with Gasteiger partial charge < -0.3 is 36.5 Å². The van der Waals surface area contributed by atoms with Crippen molar-refractivity contribution < 1.29 is 19.2 Å². The molecule has 2 aliphatic rings. The van der Waals surface area contributed by atoms with Gasteiger partial charge in [-0.25, -0.2) is 0 Å². The van der Waals surface area contributed by atoms with E-state index in [0.717, 1.165) is 43.1 Å². The molecule has 4 amide bonds. The highest BCUT2D eigenvalue weighted by Gasteiger charge is 2.38. The lowest BCUT2D eigenvalue weighted by Crippen LogP contribution is -2.57. The highest BCUT2D eigenvalue weighted by Crippen LogP contribution is 2.27. The smallest absolute Gasteiger partial charge is 0.245 e. The van der Waals surface area contributed by atoms with Gasteiger partial charge in [-0.15, -0.1) is 0 Å². The number of aromatic nitrogens is 1. The van der Waals surface area contributed by atoms with E-state index in [9.17, 15) is 19.2 Å². The number of piperidine rings is 1. The lowest BCUT2D eigenvalue weighted by molar-refractivity contribution is -0.151. The van der Waals surface area contributed by atoms with Crippen LogP contribution < -0.4 is 17.2 Å². The lowest BCUT2D eigenvalue weighted by Gasteiger charge is -2.39. The average molecular weight is 581 g/mol. The molecular weight excluding hydrogens is 536 g/mol. The van der Waals surface area contributed by atoms with E-state index in [1.165, 1.54) is 10.6 Å². The summed E-state index contributed by atoms with van der Waals surface area (Å²) in [6.07, 6.45) is 4.38. The second-order valence-corrected chi connectivity index (χ2v) is 11.3. The molecule has 0 bridgehead atoms. The fraction of sp³-hybridized carbons (Fsp3) is 0.567. The number of likely N-dealkylation sites (N-methyl/N-ethyl adjacent to an activating group) is 1. The highest BCUT2D eigenvalue weighted by molar-refractivity contribution is 5.99. The number of likely N-dealkylation sites (tertiary alicyclic amines) is 2. The number of carbonyl (C=O) groups excluding carboxylic acids is 4. The summed E-state index contributed by atoms with van der Waals surface area (Å²) < 4.78 is 2.24. The number of primary amides is 1. The minimum absolute atomic E-state index is 0.0125. The number of nitrogens with two attached hydrogens (primary N) is 3. The van der Waals surface area contributed by atoms with Gasteiger partial charge in [0.15, 0.2) is 0 Å². The zero-order valence-corrected chi connectivity index (χ0v) is 24.7. The van der Waals surface area contributed by atoms with E-state index < -0.39 is 23.9 Å². The molecule has 3 heterocycles. The first kappa shape index (κ1) is 31.0. The van der Waals surface area contributed by atoms with Crippen LogP contribution in [0.5, 0.6) is 0 Å². The second-order valence-electron chi connectivity index (χ2n) is 11.3. The van der Waals surface area contributed by atoms with Crippen molar-refractivity contribution in [3.63, 3.8) is 0 Å². The molecular formula is C30H44N8O4. The summed E-state index contributed by atoms with van der Waals surface area (Å²) in [7, 11) is 0. The molecule has 42 heavy (non-hydrogen) atoms. The fourth-order valence-electron chi connectivity index (χ4n) is 6.44. The maximum atomic E-state index is 13.5. The molecule has 0 saturated carbocycles. The van der Waals surface area contributed by atoms with Gasteiger partial charge in [-0.2, -0.15) is 0 Å². The number of rotatable bonds is 12. The van der Waals surface area contributed by atoms with Crippen LogP contribution in [-0.4, -0.2) is 93.0 Å². The van der Waals surface area contributed by atoms with Crippen LogP contribution in [0.3, 0.4) is 0 Å². The number of nitrogen functional groups attached to an aromatic ring is 1. The Morgan fingerprint density at radius 3 is 2.50 bits per heavy atom. The summed E-state index contributed by atoms with van der Waals surface area (Å²) in [4.78, 5) is 56.0. The van der Waals surface area contributed by atoms with Crippen molar-refractivity contribution in [3.05, 3.63) is 35.5 Å². The van der Waals surface area contributed by atoms with Gasteiger partial charge in [0.1, 0.15) is 11.9 Å². The van der Waals surface area contributed by atoms with E-state index >= 15 is 0 Å². The number of nitrogens with zero attached hydrogens (tertiary/aromatic N) is 4. The van der Waals surface area contributed by atoms with Crippen molar-refractivity contribution >= 4 is 40.4 Å². The highest BCUT2D eigenvalue weighted by atomic mass is 16.2. The van der Waals surface area contributed by atoms with Crippen LogP contribution >= 0.6 is 0 Å². The number of amides is 4. The molecule has 4 rings (SSSR count). The van der Waals surface area contributed by atoms with E-state index in [-0.39, 0.29) is 36.7 Å². The second kappa shape index (κ2) is 13.4. The first-order valence-corrected chi connectivity index (χ1v) is 14.9. The number of aryl methyl sites for hydroxylation is 2. The maximum Gasteiger partial charge on any atom is 0.245 e. The molecule has 7 N–H and O–H groups in total. The van der Waals surface area contributed by atoms with Crippen LogP contribution in [-0.2, 0) is 32.1 Å². The molecule has 1 aromatic heterocycles. The van der Waals surface area contributed by atoms with Crippen molar-refractivity contribution in [2.45, 2.75) is 83.5 Å². The topological polar surface area (TPSA) is 185 Å². The summed E-state index contributed by atoms with van der Waals surface area (Å²) in [5.41, 5.74) is 19.5. The zero-order chi connectivity index (χ0) is 30.6. The van der Waals surface area contributed by atoms with E-state index in [1.807, 2.05) is 23.1 Å². The van der Waals surface area contributed by atoms with Crippen LogP contribution in [0.4, 0.5) is 0 Å². The summed E-state index contributed by atoms with van der Waals surface area (Å²) in [6, 6.07) is 6.29. The Morgan fingerprint density at radius 1 is 1.10 bits per heavy atom. The molecule has 2 aromatic rings. The Bertz CT molecular complexity index is 1350. The number of hydrogen-bond donors (Lipinski definition) is 4. The van der Waals surface area contributed by atoms with Crippen LogP contribution in [0.1, 0.15) is 63.6 Å². The van der Waals surface area contributed by atoms with E-state index in [4.69, 9.17) is 22.6 Å².